The van der Waals surface area contributed by atoms with Crippen LogP contribution in [0.4, 0.5) is 4.39 Å². The third-order valence-electron chi connectivity index (χ3n) is 3.91. The lowest BCUT2D eigenvalue weighted by atomic mass is 9.78. The Morgan fingerprint density at radius 3 is 2.61 bits per heavy atom. The van der Waals surface area contributed by atoms with Gasteiger partial charge in [0.15, 0.2) is 0 Å². The summed E-state index contributed by atoms with van der Waals surface area (Å²) in [5.74, 6) is -0.876. The van der Waals surface area contributed by atoms with Crippen molar-refractivity contribution in [3.63, 3.8) is 0 Å². The summed E-state index contributed by atoms with van der Waals surface area (Å²) in [6.07, 6.45) is 3.99. The van der Waals surface area contributed by atoms with Gasteiger partial charge in [0.1, 0.15) is 5.82 Å². The molecule has 0 heterocycles. The average Bonchev–Trinajstić information content (AvgIpc) is 2.87. The van der Waals surface area contributed by atoms with E-state index in [-0.39, 0.29) is 16.8 Å². The number of halogens is 1. The molecule has 0 bridgehead atoms. The van der Waals surface area contributed by atoms with E-state index in [4.69, 9.17) is 5.73 Å². The molecule has 0 aromatic heterocycles. The van der Waals surface area contributed by atoms with Gasteiger partial charge in [-0.1, -0.05) is 18.9 Å². The summed E-state index contributed by atoms with van der Waals surface area (Å²) in [6, 6.07) is 4.54. The fourth-order valence-electron chi connectivity index (χ4n) is 2.83. The van der Waals surface area contributed by atoms with Crippen molar-refractivity contribution in [2.75, 3.05) is 13.7 Å². The minimum absolute atomic E-state index is 0.240. The molecular formula is C14H18FNO2. The van der Waals surface area contributed by atoms with Crippen molar-refractivity contribution in [3.8, 4) is 0 Å². The first kappa shape index (κ1) is 13.0. The van der Waals surface area contributed by atoms with Crippen molar-refractivity contribution in [3.05, 3.63) is 35.1 Å². The normalized spacial score (nSPS) is 17.7. The summed E-state index contributed by atoms with van der Waals surface area (Å²) < 4.78 is 18.7. The summed E-state index contributed by atoms with van der Waals surface area (Å²) in [7, 11) is 1.28. The van der Waals surface area contributed by atoms with Gasteiger partial charge in [-0.15, -0.1) is 0 Å². The van der Waals surface area contributed by atoms with Crippen LogP contribution in [0.3, 0.4) is 0 Å². The van der Waals surface area contributed by atoms with Crippen LogP contribution in [-0.2, 0) is 10.2 Å². The largest absolute Gasteiger partial charge is 0.465 e. The SMILES string of the molecule is COC(=O)c1ccc(C2(CN)CCCC2)c(F)c1. The van der Waals surface area contributed by atoms with Gasteiger partial charge in [0.25, 0.3) is 0 Å². The number of ether oxygens (including phenoxy) is 1. The molecule has 0 aliphatic heterocycles. The van der Waals surface area contributed by atoms with Crippen LogP contribution >= 0.6 is 0 Å². The van der Waals surface area contributed by atoms with Gasteiger partial charge in [-0.3, -0.25) is 0 Å². The Bertz CT molecular complexity index is 453. The molecule has 1 aliphatic carbocycles. The van der Waals surface area contributed by atoms with E-state index in [0.717, 1.165) is 25.7 Å². The van der Waals surface area contributed by atoms with Crippen LogP contribution in [0.1, 0.15) is 41.6 Å². The van der Waals surface area contributed by atoms with Crippen molar-refractivity contribution in [1.82, 2.24) is 0 Å². The number of nitrogens with two attached hydrogens (primary N) is 1. The van der Waals surface area contributed by atoms with E-state index in [1.165, 1.54) is 13.2 Å². The van der Waals surface area contributed by atoms with E-state index < -0.39 is 5.97 Å². The van der Waals surface area contributed by atoms with Crippen LogP contribution < -0.4 is 5.73 Å². The van der Waals surface area contributed by atoms with Crippen molar-refractivity contribution >= 4 is 5.97 Å². The predicted molar refractivity (Wildman–Crippen MR) is 66.9 cm³/mol. The Morgan fingerprint density at radius 1 is 1.44 bits per heavy atom. The number of hydrogen-bond donors (Lipinski definition) is 1. The monoisotopic (exact) mass is 251 g/mol. The van der Waals surface area contributed by atoms with Gasteiger partial charge in [-0.2, -0.15) is 0 Å². The Kier molecular flexibility index (Phi) is 3.66. The molecule has 3 nitrogen and oxygen atoms in total. The van der Waals surface area contributed by atoms with Gasteiger partial charge in [0.2, 0.25) is 0 Å². The smallest absolute Gasteiger partial charge is 0.337 e. The zero-order valence-corrected chi connectivity index (χ0v) is 10.5. The van der Waals surface area contributed by atoms with Gasteiger partial charge >= 0.3 is 5.97 Å². The van der Waals surface area contributed by atoms with Gasteiger partial charge in [0, 0.05) is 12.0 Å². The summed E-state index contributed by atoms with van der Waals surface area (Å²) in [5, 5.41) is 0. The molecule has 1 aromatic rings. The predicted octanol–water partition coefficient (Wildman–Crippen LogP) is 2.38. The molecule has 1 saturated carbocycles. The lowest BCUT2D eigenvalue weighted by Gasteiger charge is -2.28. The van der Waals surface area contributed by atoms with Crippen LogP contribution in [-0.4, -0.2) is 19.6 Å². The maximum Gasteiger partial charge on any atom is 0.337 e. The third kappa shape index (κ3) is 2.12. The van der Waals surface area contributed by atoms with Crippen LogP contribution in [0.15, 0.2) is 18.2 Å². The number of hydrogen-bond acceptors (Lipinski definition) is 3. The lowest BCUT2D eigenvalue weighted by Crippen LogP contribution is -2.33. The highest BCUT2D eigenvalue weighted by Crippen LogP contribution is 2.41. The average molecular weight is 251 g/mol. The van der Waals surface area contributed by atoms with E-state index in [9.17, 15) is 9.18 Å². The fourth-order valence-corrected chi connectivity index (χ4v) is 2.83. The zero-order chi connectivity index (χ0) is 13.2. The minimum atomic E-state index is -0.520. The first-order chi connectivity index (χ1) is 8.63. The lowest BCUT2D eigenvalue weighted by molar-refractivity contribution is 0.0600. The molecular weight excluding hydrogens is 233 g/mol. The molecule has 2 N–H and O–H groups in total. The van der Waals surface area contributed by atoms with Crippen LogP contribution in [0.2, 0.25) is 0 Å². The Balaban J connectivity index is 2.37. The first-order valence-electron chi connectivity index (χ1n) is 6.21. The van der Waals surface area contributed by atoms with Crippen LogP contribution in [0.5, 0.6) is 0 Å². The molecule has 4 heteroatoms. The zero-order valence-electron chi connectivity index (χ0n) is 10.5. The first-order valence-corrected chi connectivity index (χ1v) is 6.21. The van der Waals surface area contributed by atoms with E-state index in [1.807, 2.05) is 0 Å². The van der Waals surface area contributed by atoms with Crippen molar-refractivity contribution in [2.24, 2.45) is 5.73 Å². The number of rotatable bonds is 3. The molecule has 1 fully saturated rings. The molecule has 0 unspecified atom stereocenters. The second-order valence-electron chi connectivity index (χ2n) is 4.88. The number of methoxy groups -OCH3 is 1. The van der Waals surface area contributed by atoms with Crippen molar-refractivity contribution < 1.29 is 13.9 Å². The standard InChI is InChI=1S/C14H18FNO2/c1-18-13(17)10-4-5-11(12(15)8-10)14(9-16)6-2-3-7-14/h4-5,8H,2-3,6-7,9,16H2,1H3. The van der Waals surface area contributed by atoms with Crippen LogP contribution in [0.25, 0.3) is 0 Å². The number of benzene rings is 1. The Labute approximate surface area is 106 Å². The number of carbonyl (C=O) groups is 1. The van der Waals surface area contributed by atoms with Gasteiger partial charge in [0.05, 0.1) is 12.7 Å². The number of esters is 1. The highest BCUT2D eigenvalue weighted by molar-refractivity contribution is 5.89. The molecule has 2 rings (SSSR count). The van der Waals surface area contributed by atoms with Crippen molar-refractivity contribution in [1.29, 1.82) is 0 Å². The fraction of sp³-hybridized carbons (Fsp3) is 0.500. The summed E-state index contributed by atoms with van der Waals surface area (Å²) in [5.41, 5.74) is 6.46. The highest BCUT2D eigenvalue weighted by atomic mass is 19.1. The number of carbonyl (C=O) groups excluding carboxylic acids is 1. The second kappa shape index (κ2) is 5.06. The molecule has 0 spiro atoms. The summed E-state index contributed by atoms with van der Waals surface area (Å²) >= 11 is 0. The molecule has 1 aromatic carbocycles. The summed E-state index contributed by atoms with van der Waals surface area (Å²) in [4.78, 5) is 11.3. The molecule has 18 heavy (non-hydrogen) atoms. The summed E-state index contributed by atoms with van der Waals surface area (Å²) in [6.45, 7) is 0.446. The maximum atomic E-state index is 14.2. The van der Waals surface area contributed by atoms with Gasteiger partial charge < -0.3 is 10.5 Å². The second-order valence-corrected chi connectivity index (χ2v) is 4.88. The minimum Gasteiger partial charge on any atom is -0.465 e. The van der Waals surface area contributed by atoms with E-state index >= 15 is 0 Å². The Morgan fingerprint density at radius 2 is 2.11 bits per heavy atom. The van der Waals surface area contributed by atoms with E-state index in [2.05, 4.69) is 4.74 Å². The molecule has 0 amide bonds. The molecule has 1 aliphatic rings. The third-order valence-corrected chi connectivity index (χ3v) is 3.91. The molecule has 98 valence electrons. The van der Waals surface area contributed by atoms with Gasteiger partial charge in [-0.25, -0.2) is 9.18 Å². The van der Waals surface area contributed by atoms with E-state index in [0.29, 0.717) is 12.1 Å². The highest BCUT2D eigenvalue weighted by Gasteiger charge is 2.36. The molecule has 0 atom stereocenters. The molecule has 0 saturated heterocycles. The Hall–Kier alpha value is -1.42. The van der Waals surface area contributed by atoms with Crippen molar-refractivity contribution in [2.45, 2.75) is 31.1 Å². The quantitative estimate of drug-likeness (QED) is 0.839. The topological polar surface area (TPSA) is 52.3 Å². The van der Waals surface area contributed by atoms with E-state index in [1.54, 1.807) is 12.1 Å². The molecule has 0 radical (unpaired) electrons. The maximum absolute atomic E-state index is 14.2. The van der Waals surface area contributed by atoms with Crippen LogP contribution in [0, 0.1) is 5.82 Å². The van der Waals surface area contributed by atoms with Gasteiger partial charge in [-0.05, 0) is 30.5 Å².